The largest absolute Gasteiger partial charge is 0.352 e. The van der Waals surface area contributed by atoms with Crippen molar-refractivity contribution in [2.75, 3.05) is 11.9 Å². The number of amides is 1. The van der Waals surface area contributed by atoms with E-state index >= 15 is 0 Å². The minimum Gasteiger partial charge on any atom is -0.352 e. The highest BCUT2D eigenvalue weighted by Crippen LogP contribution is 2.20. The third kappa shape index (κ3) is 5.76. The lowest BCUT2D eigenvalue weighted by molar-refractivity contribution is 0.0953. The summed E-state index contributed by atoms with van der Waals surface area (Å²) in [5, 5.41) is 6.06. The van der Waals surface area contributed by atoms with Crippen LogP contribution in [0.25, 0.3) is 11.1 Å². The molecule has 3 aromatic carbocycles. The minimum atomic E-state index is -0.306. The Morgan fingerprint density at radius 3 is 2.41 bits per heavy atom. The van der Waals surface area contributed by atoms with Gasteiger partial charge in [-0.15, -0.1) is 0 Å². The highest BCUT2D eigenvalue weighted by Gasteiger charge is 2.07. The van der Waals surface area contributed by atoms with Crippen LogP contribution in [-0.2, 0) is 6.42 Å². The van der Waals surface area contributed by atoms with Crippen LogP contribution < -0.4 is 10.6 Å². The number of aryl methyl sites for hydroxylation is 1. The molecule has 1 amide bonds. The summed E-state index contributed by atoms with van der Waals surface area (Å²) in [7, 11) is 0. The summed E-state index contributed by atoms with van der Waals surface area (Å²) in [4.78, 5) is 21.1. The molecule has 0 radical (unpaired) electrons. The van der Waals surface area contributed by atoms with Gasteiger partial charge in [-0.05, 0) is 54.3 Å². The van der Waals surface area contributed by atoms with Gasteiger partial charge in [0.25, 0.3) is 5.91 Å². The minimum absolute atomic E-state index is 0.121. The molecule has 32 heavy (non-hydrogen) atoms. The van der Waals surface area contributed by atoms with Gasteiger partial charge in [0.05, 0.1) is 0 Å². The first kappa shape index (κ1) is 21.2. The van der Waals surface area contributed by atoms with Crippen LogP contribution in [0.1, 0.15) is 22.3 Å². The number of carbonyl (C=O) groups is 1. The van der Waals surface area contributed by atoms with Gasteiger partial charge < -0.3 is 10.6 Å². The molecule has 0 atom stereocenters. The van der Waals surface area contributed by atoms with E-state index in [9.17, 15) is 9.18 Å². The van der Waals surface area contributed by atoms with Crippen molar-refractivity contribution in [3.05, 3.63) is 108 Å². The number of rotatable bonds is 8. The first-order chi connectivity index (χ1) is 15.7. The number of carbonyl (C=O) groups excluding carboxylic acids is 1. The van der Waals surface area contributed by atoms with Crippen LogP contribution in [0.3, 0.4) is 0 Å². The van der Waals surface area contributed by atoms with Crippen molar-refractivity contribution in [2.24, 2.45) is 0 Å². The van der Waals surface area contributed by atoms with E-state index in [1.54, 1.807) is 36.7 Å². The molecule has 160 valence electrons. The average molecular weight is 426 g/mol. The fraction of sp³-hybridized carbons (Fsp3) is 0.115. The van der Waals surface area contributed by atoms with Gasteiger partial charge in [-0.2, -0.15) is 0 Å². The van der Waals surface area contributed by atoms with Crippen LogP contribution in [0.5, 0.6) is 0 Å². The number of aromatic nitrogens is 2. The molecule has 4 rings (SSSR count). The summed E-state index contributed by atoms with van der Waals surface area (Å²) in [5.74, 6) is -0.0329. The molecule has 0 aliphatic heterocycles. The highest BCUT2D eigenvalue weighted by atomic mass is 19.1. The summed E-state index contributed by atoms with van der Waals surface area (Å²) in [6.07, 6.45) is 5.06. The molecule has 0 aliphatic carbocycles. The summed E-state index contributed by atoms with van der Waals surface area (Å²) < 4.78 is 13.4. The number of nitrogens with zero attached hydrogens (tertiary/aromatic N) is 2. The Morgan fingerprint density at radius 1 is 0.844 bits per heavy atom. The van der Waals surface area contributed by atoms with E-state index in [4.69, 9.17) is 0 Å². The lowest BCUT2D eigenvalue weighted by Gasteiger charge is -2.09. The predicted molar refractivity (Wildman–Crippen MR) is 124 cm³/mol. The molecule has 5 nitrogen and oxygen atoms in total. The van der Waals surface area contributed by atoms with Gasteiger partial charge in [0.15, 0.2) is 0 Å². The quantitative estimate of drug-likeness (QED) is 0.371. The van der Waals surface area contributed by atoms with E-state index < -0.39 is 0 Å². The molecule has 0 bridgehead atoms. The Hall–Kier alpha value is -4.06. The van der Waals surface area contributed by atoms with Gasteiger partial charge in [-0.1, -0.05) is 48.5 Å². The van der Waals surface area contributed by atoms with Gasteiger partial charge in [-0.25, -0.2) is 14.4 Å². The van der Waals surface area contributed by atoms with Gasteiger partial charge in [0.2, 0.25) is 5.95 Å². The zero-order chi connectivity index (χ0) is 22.2. The third-order valence-corrected chi connectivity index (χ3v) is 4.96. The van der Waals surface area contributed by atoms with E-state index in [0.29, 0.717) is 29.3 Å². The normalized spacial score (nSPS) is 10.5. The number of hydrogen-bond donors (Lipinski definition) is 2. The molecule has 0 saturated heterocycles. The Balaban J connectivity index is 1.33. The zero-order valence-corrected chi connectivity index (χ0v) is 17.5. The molecule has 6 heteroatoms. The van der Waals surface area contributed by atoms with Crippen molar-refractivity contribution in [1.29, 1.82) is 0 Å². The maximum absolute atomic E-state index is 13.4. The van der Waals surface area contributed by atoms with Gasteiger partial charge in [0, 0.05) is 35.8 Å². The third-order valence-electron chi connectivity index (χ3n) is 4.96. The van der Waals surface area contributed by atoms with Gasteiger partial charge in [0.1, 0.15) is 5.82 Å². The Morgan fingerprint density at radius 2 is 1.62 bits per heavy atom. The smallest absolute Gasteiger partial charge is 0.251 e. The second kappa shape index (κ2) is 10.3. The molecule has 1 aromatic heterocycles. The van der Waals surface area contributed by atoms with Crippen LogP contribution in [0.15, 0.2) is 91.3 Å². The number of hydrogen-bond acceptors (Lipinski definition) is 4. The standard InChI is InChI=1S/C26H23FN4O/c27-23-12-4-10-20(15-23)22-17-29-26(30-18-22)31-24-13-5-11-21(16-24)25(32)28-14-6-9-19-7-2-1-3-8-19/h1-5,7-8,10-13,15-18H,6,9,14H2,(H,28,32)(H,29,30,31). The van der Waals surface area contributed by atoms with E-state index in [-0.39, 0.29) is 11.7 Å². The summed E-state index contributed by atoms with van der Waals surface area (Å²) in [6.45, 7) is 0.607. The number of halogens is 1. The molecule has 0 fully saturated rings. The maximum atomic E-state index is 13.4. The van der Waals surface area contributed by atoms with Crippen molar-refractivity contribution in [3.8, 4) is 11.1 Å². The molecule has 0 aliphatic rings. The molecule has 0 saturated carbocycles. The second-order valence-electron chi connectivity index (χ2n) is 7.36. The first-order valence-electron chi connectivity index (χ1n) is 10.4. The van der Waals surface area contributed by atoms with E-state index in [0.717, 1.165) is 18.4 Å². The Bertz CT molecular complexity index is 1180. The van der Waals surface area contributed by atoms with E-state index in [2.05, 4.69) is 32.7 Å². The molecule has 0 unspecified atom stereocenters. The van der Waals surface area contributed by atoms with Crippen LogP contribution in [-0.4, -0.2) is 22.4 Å². The van der Waals surface area contributed by atoms with Crippen molar-refractivity contribution in [2.45, 2.75) is 12.8 Å². The SMILES string of the molecule is O=C(NCCCc1ccccc1)c1cccc(Nc2ncc(-c3cccc(F)c3)cn2)c1. The van der Waals surface area contributed by atoms with E-state index in [1.807, 2.05) is 30.3 Å². The molecular formula is C26H23FN4O. The predicted octanol–water partition coefficient (Wildman–Crippen LogP) is 5.39. The van der Waals surface area contributed by atoms with Crippen molar-refractivity contribution < 1.29 is 9.18 Å². The first-order valence-corrected chi connectivity index (χ1v) is 10.4. The molecule has 0 spiro atoms. The van der Waals surface area contributed by atoms with Crippen LogP contribution >= 0.6 is 0 Å². The highest BCUT2D eigenvalue weighted by molar-refractivity contribution is 5.95. The Kier molecular flexibility index (Phi) is 6.82. The monoisotopic (exact) mass is 426 g/mol. The van der Waals surface area contributed by atoms with Gasteiger partial charge >= 0.3 is 0 Å². The number of anilines is 2. The van der Waals surface area contributed by atoms with Crippen molar-refractivity contribution in [3.63, 3.8) is 0 Å². The molecule has 4 aromatic rings. The topological polar surface area (TPSA) is 66.9 Å². The van der Waals surface area contributed by atoms with E-state index in [1.165, 1.54) is 17.7 Å². The molecule has 2 N–H and O–H groups in total. The fourth-order valence-electron chi connectivity index (χ4n) is 3.32. The lowest BCUT2D eigenvalue weighted by Crippen LogP contribution is -2.24. The van der Waals surface area contributed by atoms with Crippen LogP contribution in [0, 0.1) is 5.82 Å². The summed E-state index contributed by atoms with van der Waals surface area (Å²) >= 11 is 0. The van der Waals surface area contributed by atoms with Crippen LogP contribution in [0.4, 0.5) is 16.0 Å². The molecular weight excluding hydrogens is 403 g/mol. The van der Waals surface area contributed by atoms with Crippen molar-refractivity contribution in [1.82, 2.24) is 15.3 Å². The van der Waals surface area contributed by atoms with Gasteiger partial charge in [-0.3, -0.25) is 4.79 Å². The fourth-order valence-corrected chi connectivity index (χ4v) is 3.32. The van der Waals surface area contributed by atoms with Crippen molar-refractivity contribution >= 4 is 17.5 Å². The Labute approximate surface area is 186 Å². The number of nitrogens with one attached hydrogen (secondary N) is 2. The van der Waals surface area contributed by atoms with Crippen LogP contribution in [0.2, 0.25) is 0 Å². The zero-order valence-electron chi connectivity index (χ0n) is 17.5. The summed E-state index contributed by atoms with van der Waals surface area (Å²) in [5.41, 5.74) is 3.96. The molecule has 1 heterocycles. The summed E-state index contributed by atoms with van der Waals surface area (Å²) in [6, 6.07) is 23.7. The average Bonchev–Trinajstić information content (AvgIpc) is 2.83. The second-order valence-corrected chi connectivity index (χ2v) is 7.36. The number of benzene rings is 3. The lowest BCUT2D eigenvalue weighted by atomic mass is 10.1. The maximum Gasteiger partial charge on any atom is 0.251 e.